The summed E-state index contributed by atoms with van der Waals surface area (Å²) in [4.78, 5) is 4.25. The van der Waals surface area contributed by atoms with Crippen LogP contribution in [0.15, 0.2) is 47.5 Å². The summed E-state index contributed by atoms with van der Waals surface area (Å²) in [5.41, 5.74) is 0.615. The van der Waals surface area contributed by atoms with Crippen molar-refractivity contribution in [2.45, 2.75) is 29.9 Å². The molecule has 0 saturated heterocycles. The Morgan fingerprint density at radius 1 is 1.32 bits per heavy atom. The summed E-state index contributed by atoms with van der Waals surface area (Å²) in [6.45, 7) is 0. The molecule has 6 nitrogen and oxygen atoms in total. The molecule has 8 heteroatoms. The number of ether oxygens (including phenoxy) is 1. The topological polar surface area (TPSA) is 88.5 Å². The third kappa shape index (κ3) is 3.95. The standard InChI is InChI=1S/C17H19ClN2O4S/c1-24-15-6-5-12(18)10-16(15)25(22,23)20-17(11-8-13(21)9-11)14-4-2-3-7-19-14/h2-7,10-11,13,17,20-21H,8-9H2,1H3/t11?,13?,17-/m1/s1. The van der Waals surface area contributed by atoms with Gasteiger partial charge in [-0.3, -0.25) is 4.98 Å². The Morgan fingerprint density at radius 2 is 2.08 bits per heavy atom. The van der Waals surface area contributed by atoms with Crippen LogP contribution in [0.25, 0.3) is 0 Å². The maximum Gasteiger partial charge on any atom is 0.244 e. The number of aliphatic hydroxyl groups is 1. The lowest BCUT2D eigenvalue weighted by Crippen LogP contribution is -2.41. The van der Waals surface area contributed by atoms with Crippen LogP contribution in [-0.4, -0.2) is 31.7 Å². The molecule has 1 fully saturated rings. The zero-order chi connectivity index (χ0) is 18.0. The number of methoxy groups -OCH3 is 1. The van der Waals surface area contributed by atoms with Crippen molar-refractivity contribution in [3.63, 3.8) is 0 Å². The van der Waals surface area contributed by atoms with E-state index < -0.39 is 22.2 Å². The number of aliphatic hydroxyl groups excluding tert-OH is 1. The van der Waals surface area contributed by atoms with Crippen LogP contribution in [0.1, 0.15) is 24.6 Å². The maximum atomic E-state index is 12.9. The Balaban J connectivity index is 1.95. The van der Waals surface area contributed by atoms with Gasteiger partial charge in [0, 0.05) is 11.2 Å². The zero-order valence-electron chi connectivity index (χ0n) is 13.6. The van der Waals surface area contributed by atoms with Crippen molar-refractivity contribution in [2.75, 3.05) is 7.11 Å². The molecule has 0 radical (unpaired) electrons. The van der Waals surface area contributed by atoms with Gasteiger partial charge in [-0.15, -0.1) is 0 Å². The number of hydrogen-bond donors (Lipinski definition) is 2. The average molecular weight is 383 g/mol. The predicted molar refractivity (Wildman–Crippen MR) is 94.0 cm³/mol. The zero-order valence-corrected chi connectivity index (χ0v) is 15.2. The van der Waals surface area contributed by atoms with Crippen LogP contribution in [0.2, 0.25) is 5.02 Å². The van der Waals surface area contributed by atoms with E-state index in [4.69, 9.17) is 16.3 Å². The molecule has 1 saturated carbocycles. The highest BCUT2D eigenvalue weighted by Crippen LogP contribution is 2.39. The number of nitrogens with zero attached hydrogens (tertiary/aromatic N) is 1. The van der Waals surface area contributed by atoms with E-state index in [-0.39, 0.29) is 16.6 Å². The summed E-state index contributed by atoms with van der Waals surface area (Å²) in [6, 6.07) is 9.25. The summed E-state index contributed by atoms with van der Waals surface area (Å²) in [7, 11) is -2.49. The van der Waals surface area contributed by atoms with Crippen LogP contribution in [0, 0.1) is 5.92 Å². The first-order chi connectivity index (χ1) is 11.9. The van der Waals surface area contributed by atoms with Gasteiger partial charge in [-0.25, -0.2) is 13.1 Å². The van der Waals surface area contributed by atoms with E-state index >= 15 is 0 Å². The van der Waals surface area contributed by atoms with Gasteiger partial charge >= 0.3 is 0 Å². The average Bonchev–Trinajstić information content (AvgIpc) is 2.58. The van der Waals surface area contributed by atoms with E-state index in [1.165, 1.54) is 19.2 Å². The molecule has 134 valence electrons. The SMILES string of the molecule is COc1ccc(Cl)cc1S(=O)(=O)N[C@@H](c1ccccn1)C1CC(O)C1. The van der Waals surface area contributed by atoms with Crippen LogP contribution < -0.4 is 9.46 Å². The quantitative estimate of drug-likeness (QED) is 0.801. The Kier molecular flexibility index (Phi) is 5.29. The van der Waals surface area contributed by atoms with Gasteiger partial charge in [-0.05, 0) is 49.1 Å². The second-order valence-electron chi connectivity index (χ2n) is 6.03. The van der Waals surface area contributed by atoms with Crippen LogP contribution in [0.3, 0.4) is 0 Å². The number of sulfonamides is 1. The Bertz CT molecular complexity index is 839. The Morgan fingerprint density at radius 3 is 2.68 bits per heavy atom. The smallest absolute Gasteiger partial charge is 0.244 e. The third-order valence-corrected chi connectivity index (χ3v) is 6.02. The molecule has 1 aromatic heterocycles. The van der Waals surface area contributed by atoms with E-state index in [1.807, 2.05) is 0 Å². The number of aromatic nitrogens is 1. The highest BCUT2D eigenvalue weighted by atomic mass is 35.5. The Hall–Kier alpha value is -1.67. The molecule has 1 atom stereocenters. The fourth-order valence-electron chi connectivity index (χ4n) is 2.95. The highest BCUT2D eigenvalue weighted by Gasteiger charge is 2.38. The fraction of sp³-hybridized carbons (Fsp3) is 0.353. The van der Waals surface area contributed by atoms with E-state index in [9.17, 15) is 13.5 Å². The third-order valence-electron chi connectivity index (χ3n) is 4.32. The molecule has 0 spiro atoms. The summed E-state index contributed by atoms with van der Waals surface area (Å²) in [6.07, 6.45) is 2.26. The van der Waals surface area contributed by atoms with Gasteiger partial charge in [0.1, 0.15) is 10.6 Å². The molecule has 0 aliphatic heterocycles. The van der Waals surface area contributed by atoms with Gasteiger partial charge in [-0.1, -0.05) is 17.7 Å². The number of halogens is 1. The summed E-state index contributed by atoms with van der Waals surface area (Å²) in [5, 5.41) is 9.91. The summed E-state index contributed by atoms with van der Waals surface area (Å²) >= 11 is 5.96. The van der Waals surface area contributed by atoms with E-state index in [2.05, 4.69) is 9.71 Å². The molecule has 0 bridgehead atoms. The molecular formula is C17H19ClN2O4S. The minimum atomic E-state index is -3.89. The normalized spacial score (nSPS) is 21.4. The van der Waals surface area contributed by atoms with Gasteiger partial charge in [0.05, 0.1) is 24.9 Å². The van der Waals surface area contributed by atoms with Gasteiger partial charge < -0.3 is 9.84 Å². The molecule has 1 aliphatic carbocycles. The Labute approximate surface area is 151 Å². The fourth-order valence-corrected chi connectivity index (χ4v) is 4.66. The second-order valence-corrected chi connectivity index (χ2v) is 8.15. The van der Waals surface area contributed by atoms with E-state index in [0.29, 0.717) is 23.6 Å². The number of pyridine rings is 1. The van der Waals surface area contributed by atoms with Crippen LogP contribution in [0.5, 0.6) is 5.75 Å². The molecule has 2 aromatic rings. The number of nitrogens with one attached hydrogen (secondary N) is 1. The number of hydrogen-bond acceptors (Lipinski definition) is 5. The molecule has 3 rings (SSSR count). The van der Waals surface area contributed by atoms with Gasteiger partial charge in [0.15, 0.2) is 0 Å². The largest absolute Gasteiger partial charge is 0.495 e. The van der Waals surface area contributed by atoms with Crippen molar-refractivity contribution in [1.29, 1.82) is 0 Å². The number of rotatable bonds is 6. The maximum absolute atomic E-state index is 12.9. The summed E-state index contributed by atoms with van der Waals surface area (Å²) < 4.78 is 33.7. The lowest BCUT2D eigenvalue weighted by molar-refractivity contribution is 0.0273. The highest BCUT2D eigenvalue weighted by molar-refractivity contribution is 7.89. The first-order valence-electron chi connectivity index (χ1n) is 7.85. The van der Waals surface area contributed by atoms with E-state index in [0.717, 1.165) is 0 Å². The lowest BCUT2D eigenvalue weighted by Gasteiger charge is -2.37. The molecule has 1 heterocycles. The number of benzene rings is 1. The predicted octanol–water partition coefficient (Wildman–Crippen LogP) is 2.53. The molecule has 25 heavy (non-hydrogen) atoms. The van der Waals surface area contributed by atoms with Crippen LogP contribution in [0.4, 0.5) is 0 Å². The van der Waals surface area contributed by atoms with E-state index in [1.54, 1.807) is 30.5 Å². The molecule has 0 amide bonds. The first-order valence-corrected chi connectivity index (χ1v) is 9.71. The molecule has 1 aromatic carbocycles. The van der Waals surface area contributed by atoms with Gasteiger partial charge in [-0.2, -0.15) is 0 Å². The molecule has 2 N–H and O–H groups in total. The first kappa shape index (κ1) is 18.1. The van der Waals surface area contributed by atoms with Crippen molar-refractivity contribution in [1.82, 2.24) is 9.71 Å². The molecular weight excluding hydrogens is 364 g/mol. The van der Waals surface area contributed by atoms with Crippen molar-refractivity contribution in [3.8, 4) is 5.75 Å². The van der Waals surface area contributed by atoms with Crippen molar-refractivity contribution in [2.24, 2.45) is 5.92 Å². The molecule has 0 unspecified atom stereocenters. The monoisotopic (exact) mass is 382 g/mol. The van der Waals surface area contributed by atoms with Gasteiger partial charge in [0.2, 0.25) is 10.0 Å². The van der Waals surface area contributed by atoms with Crippen LogP contribution >= 0.6 is 11.6 Å². The minimum Gasteiger partial charge on any atom is -0.495 e. The lowest BCUT2D eigenvalue weighted by atomic mass is 9.76. The van der Waals surface area contributed by atoms with Gasteiger partial charge in [0.25, 0.3) is 0 Å². The van der Waals surface area contributed by atoms with Crippen molar-refractivity contribution >= 4 is 21.6 Å². The minimum absolute atomic E-state index is 0.0233. The van der Waals surface area contributed by atoms with Crippen molar-refractivity contribution in [3.05, 3.63) is 53.3 Å². The molecule has 1 aliphatic rings. The van der Waals surface area contributed by atoms with Crippen molar-refractivity contribution < 1.29 is 18.3 Å². The summed E-state index contributed by atoms with van der Waals surface area (Å²) in [5.74, 6) is 0.190. The van der Waals surface area contributed by atoms with Crippen LogP contribution in [-0.2, 0) is 10.0 Å². The second kappa shape index (κ2) is 7.29.